The molecule has 0 radical (unpaired) electrons. The lowest BCUT2D eigenvalue weighted by Crippen LogP contribution is -2.01. The van der Waals surface area contributed by atoms with Gasteiger partial charge in [-0.25, -0.2) is 0 Å². The minimum atomic E-state index is 0.753. The molecule has 0 amide bonds. The van der Waals surface area contributed by atoms with Gasteiger partial charge in [-0.15, -0.1) is 11.3 Å². The molecule has 0 aliphatic heterocycles. The Morgan fingerprint density at radius 1 is 1.36 bits per heavy atom. The van der Waals surface area contributed by atoms with E-state index in [4.69, 9.17) is 5.73 Å². The van der Waals surface area contributed by atoms with Crippen LogP contribution in [0.2, 0.25) is 0 Å². The summed E-state index contributed by atoms with van der Waals surface area (Å²) in [6, 6.07) is 10.9. The summed E-state index contributed by atoms with van der Waals surface area (Å²) in [5.41, 5.74) is 5.66. The lowest BCUT2D eigenvalue weighted by molar-refractivity contribution is 0.815. The molecule has 0 saturated heterocycles. The van der Waals surface area contributed by atoms with Gasteiger partial charge in [0.05, 0.1) is 0 Å². The summed E-state index contributed by atoms with van der Waals surface area (Å²) >= 11 is 1.93. The summed E-state index contributed by atoms with van der Waals surface area (Å²) in [5.74, 6) is 1.51. The molecule has 1 saturated carbocycles. The molecule has 72 valence electrons. The quantitative estimate of drug-likeness (QED) is 0.798. The van der Waals surface area contributed by atoms with E-state index >= 15 is 0 Å². The van der Waals surface area contributed by atoms with Crippen molar-refractivity contribution < 1.29 is 0 Å². The highest BCUT2D eigenvalue weighted by molar-refractivity contribution is 7.19. The maximum absolute atomic E-state index is 5.66. The monoisotopic (exact) mass is 203 g/mol. The molecule has 2 heteroatoms. The first kappa shape index (κ1) is 8.45. The van der Waals surface area contributed by atoms with Crippen LogP contribution in [0.15, 0.2) is 30.3 Å². The summed E-state index contributed by atoms with van der Waals surface area (Å²) < 4.78 is 1.41. The Bertz CT molecular complexity index is 427. The number of fused-ring (bicyclic) bond motifs is 1. The second-order valence-electron chi connectivity index (χ2n) is 4.02. The molecule has 0 bridgehead atoms. The fourth-order valence-corrected chi connectivity index (χ4v) is 3.31. The zero-order valence-corrected chi connectivity index (χ0v) is 8.76. The molecule has 1 nitrogen and oxygen atoms in total. The van der Waals surface area contributed by atoms with E-state index in [0.29, 0.717) is 0 Å². The van der Waals surface area contributed by atoms with Crippen LogP contribution in [0, 0.1) is 5.92 Å². The van der Waals surface area contributed by atoms with Crippen LogP contribution in [-0.2, 0) is 0 Å². The molecular formula is C12H13NS. The number of thiophene rings is 1. The predicted octanol–water partition coefficient (Wildman–Crippen LogP) is 2.96. The van der Waals surface area contributed by atoms with Crippen molar-refractivity contribution >= 4 is 21.4 Å². The summed E-state index contributed by atoms with van der Waals surface area (Å²) in [6.45, 7) is 0.846. The number of benzene rings is 1. The second-order valence-corrected chi connectivity index (χ2v) is 5.14. The Morgan fingerprint density at radius 2 is 2.21 bits per heavy atom. The number of hydrogen-bond donors (Lipinski definition) is 1. The van der Waals surface area contributed by atoms with Crippen molar-refractivity contribution in [2.75, 3.05) is 6.54 Å². The van der Waals surface area contributed by atoms with Crippen LogP contribution in [0.4, 0.5) is 0 Å². The third kappa shape index (κ3) is 1.26. The molecule has 1 aromatic heterocycles. The maximum atomic E-state index is 5.66. The molecule has 2 unspecified atom stereocenters. The first-order chi connectivity index (χ1) is 6.88. The van der Waals surface area contributed by atoms with Gasteiger partial charge in [0.15, 0.2) is 0 Å². The van der Waals surface area contributed by atoms with E-state index in [1.807, 2.05) is 11.3 Å². The van der Waals surface area contributed by atoms with Crippen molar-refractivity contribution in [2.24, 2.45) is 11.7 Å². The Hall–Kier alpha value is -0.860. The van der Waals surface area contributed by atoms with Crippen molar-refractivity contribution in [1.82, 2.24) is 0 Å². The van der Waals surface area contributed by atoms with E-state index in [-0.39, 0.29) is 0 Å². The maximum Gasteiger partial charge on any atom is 0.0345 e. The standard InChI is InChI=1S/C12H13NS/c13-7-9-5-10(9)12-6-8-3-1-2-4-11(8)14-12/h1-4,6,9-10H,5,7,13H2. The minimum absolute atomic E-state index is 0.753. The first-order valence-electron chi connectivity index (χ1n) is 5.07. The molecule has 14 heavy (non-hydrogen) atoms. The molecule has 1 heterocycles. The van der Waals surface area contributed by atoms with E-state index in [1.54, 1.807) is 0 Å². The number of rotatable bonds is 2. The Kier molecular flexibility index (Phi) is 1.85. The van der Waals surface area contributed by atoms with E-state index in [1.165, 1.54) is 21.4 Å². The van der Waals surface area contributed by atoms with Gasteiger partial charge in [-0.1, -0.05) is 18.2 Å². The highest BCUT2D eigenvalue weighted by Gasteiger charge is 2.37. The smallest absolute Gasteiger partial charge is 0.0345 e. The largest absolute Gasteiger partial charge is 0.330 e. The summed E-state index contributed by atoms with van der Waals surface area (Å²) in [5, 5.41) is 1.38. The fraction of sp³-hybridized carbons (Fsp3) is 0.333. The molecule has 1 aliphatic rings. The van der Waals surface area contributed by atoms with Crippen LogP contribution in [0.5, 0.6) is 0 Å². The molecule has 1 aromatic carbocycles. The second kappa shape index (κ2) is 3.07. The summed E-state index contributed by atoms with van der Waals surface area (Å²) in [6.07, 6.45) is 1.29. The van der Waals surface area contributed by atoms with Crippen molar-refractivity contribution in [3.8, 4) is 0 Å². The van der Waals surface area contributed by atoms with Gasteiger partial charge in [0.1, 0.15) is 0 Å². The van der Waals surface area contributed by atoms with Gasteiger partial charge in [-0.05, 0) is 42.3 Å². The number of nitrogens with two attached hydrogens (primary N) is 1. The van der Waals surface area contributed by atoms with Crippen LogP contribution in [0.1, 0.15) is 17.2 Å². The minimum Gasteiger partial charge on any atom is -0.330 e. The van der Waals surface area contributed by atoms with E-state index in [9.17, 15) is 0 Å². The van der Waals surface area contributed by atoms with E-state index in [2.05, 4.69) is 30.3 Å². The van der Waals surface area contributed by atoms with Crippen molar-refractivity contribution in [1.29, 1.82) is 0 Å². The van der Waals surface area contributed by atoms with Crippen LogP contribution in [0.25, 0.3) is 10.1 Å². The van der Waals surface area contributed by atoms with Crippen LogP contribution >= 0.6 is 11.3 Å². The van der Waals surface area contributed by atoms with Gasteiger partial charge in [-0.2, -0.15) is 0 Å². The van der Waals surface area contributed by atoms with Crippen LogP contribution in [-0.4, -0.2) is 6.54 Å². The van der Waals surface area contributed by atoms with Gasteiger partial charge in [0, 0.05) is 9.58 Å². The zero-order chi connectivity index (χ0) is 9.54. The molecule has 1 fully saturated rings. The molecule has 0 spiro atoms. The molecule has 2 N–H and O–H groups in total. The summed E-state index contributed by atoms with van der Waals surface area (Å²) in [7, 11) is 0. The Labute approximate surface area is 87.5 Å². The lowest BCUT2D eigenvalue weighted by atomic mass is 10.2. The molecule has 3 rings (SSSR count). The molecule has 2 atom stereocenters. The topological polar surface area (TPSA) is 26.0 Å². The summed E-state index contributed by atoms with van der Waals surface area (Å²) in [4.78, 5) is 1.53. The van der Waals surface area contributed by atoms with Gasteiger partial charge >= 0.3 is 0 Å². The van der Waals surface area contributed by atoms with Gasteiger partial charge in [-0.3, -0.25) is 0 Å². The van der Waals surface area contributed by atoms with Crippen LogP contribution in [0.3, 0.4) is 0 Å². The van der Waals surface area contributed by atoms with Crippen molar-refractivity contribution in [3.63, 3.8) is 0 Å². The normalized spacial score (nSPS) is 25.5. The van der Waals surface area contributed by atoms with Gasteiger partial charge < -0.3 is 5.73 Å². The highest BCUT2D eigenvalue weighted by Crippen LogP contribution is 2.49. The number of hydrogen-bond acceptors (Lipinski definition) is 2. The lowest BCUT2D eigenvalue weighted by Gasteiger charge is -1.90. The molecule has 1 aliphatic carbocycles. The average molecular weight is 203 g/mol. The van der Waals surface area contributed by atoms with Crippen molar-refractivity contribution in [3.05, 3.63) is 35.2 Å². The zero-order valence-electron chi connectivity index (χ0n) is 7.94. The van der Waals surface area contributed by atoms with E-state index in [0.717, 1.165) is 18.4 Å². The fourth-order valence-electron chi connectivity index (χ4n) is 2.04. The molecule has 2 aromatic rings. The van der Waals surface area contributed by atoms with E-state index < -0.39 is 0 Å². The predicted molar refractivity (Wildman–Crippen MR) is 61.7 cm³/mol. The van der Waals surface area contributed by atoms with Crippen LogP contribution < -0.4 is 5.73 Å². The highest BCUT2D eigenvalue weighted by atomic mass is 32.1. The SMILES string of the molecule is NCC1CC1c1cc2ccccc2s1. The van der Waals surface area contributed by atoms with Gasteiger partial charge in [0.2, 0.25) is 0 Å². The van der Waals surface area contributed by atoms with Crippen molar-refractivity contribution in [2.45, 2.75) is 12.3 Å². The van der Waals surface area contributed by atoms with Gasteiger partial charge in [0.25, 0.3) is 0 Å². The third-order valence-corrected chi connectivity index (χ3v) is 4.28. The average Bonchev–Trinajstić information content (AvgIpc) is 2.89. The molecular weight excluding hydrogens is 190 g/mol. The Balaban J connectivity index is 1.99. The Morgan fingerprint density at radius 3 is 2.93 bits per heavy atom. The first-order valence-corrected chi connectivity index (χ1v) is 5.88. The third-order valence-electron chi connectivity index (χ3n) is 3.04.